The van der Waals surface area contributed by atoms with Gasteiger partial charge in [-0.25, -0.2) is 0 Å². The summed E-state index contributed by atoms with van der Waals surface area (Å²) in [4.78, 5) is 0. The lowest BCUT2D eigenvalue weighted by Gasteiger charge is -2.07. The van der Waals surface area contributed by atoms with E-state index in [1.54, 1.807) is 24.3 Å². The topological polar surface area (TPSA) is 40.5 Å². The summed E-state index contributed by atoms with van der Waals surface area (Å²) < 4.78 is 0. The van der Waals surface area contributed by atoms with Crippen molar-refractivity contribution in [3.8, 4) is 11.5 Å². The Labute approximate surface area is 154 Å². The van der Waals surface area contributed by atoms with Crippen molar-refractivity contribution in [1.29, 1.82) is 0 Å². The molecule has 0 aromatic heterocycles. The highest BCUT2D eigenvalue weighted by atomic mass is 16.3. The fourth-order valence-corrected chi connectivity index (χ4v) is 3.04. The molecule has 0 saturated carbocycles. The normalized spacial score (nSPS) is 13.0. The number of rotatable bonds is 4. The van der Waals surface area contributed by atoms with Crippen molar-refractivity contribution in [2.75, 3.05) is 0 Å². The molecule has 0 saturated heterocycles. The van der Waals surface area contributed by atoms with Crippen LogP contribution in [0.25, 0.3) is 12.2 Å². The third-order valence-corrected chi connectivity index (χ3v) is 4.66. The predicted molar refractivity (Wildman–Crippen MR) is 108 cm³/mol. The molecule has 0 fully saturated rings. The molecule has 0 bridgehead atoms. The van der Waals surface area contributed by atoms with Gasteiger partial charge in [-0.1, -0.05) is 74.5 Å². The Morgan fingerprint density at radius 1 is 0.538 bits per heavy atom. The van der Waals surface area contributed by atoms with Crippen molar-refractivity contribution in [1.82, 2.24) is 0 Å². The van der Waals surface area contributed by atoms with Gasteiger partial charge in [0.1, 0.15) is 11.5 Å². The van der Waals surface area contributed by atoms with Crippen molar-refractivity contribution in [3.05, 3.63) is 94.4 Å². The van der Waals surface area contributed by atoms with Crippen LogP contribution in [0.5, 0.6) is 11.5 Å². The number of hydrogen-bond donors (Lipinski definition) is 2. The molecule has 3 rings (SSSR count). The molecule has 0 aliphatic heterocycles. The van der Waals surface area contributed by atoms with Crippen molar-refractivity contribution in [3.63, 3.8) is 0 Å². The van der Waals surface area contributed by atoms with E-state index in [0.29, 0.717) is 11.5 Å². The SMILES string of the molecule is CC(C=c1ccc(=CC(C)c2ccc(O)cc2)cc1)c1ccc(O)cc1. The molecule has 0 spiro atoms. The molecule has 132 valence electrons. The van der Waals surface area contributed by atoms with Gasteiger partial charge in [-0.15, -0.1) is 0 Å². The molecule has 2 nitrogen and oxygen atoms in total. The van der Waals surface area contributed by atoms with E-state index in [1.807, 2.05) is 24.3 Å². The van der Waals surface area contributed by atoms with Gasteiger partial charge in [-0.2, -0.15) is 0 Å². The highest BCUT2D eigenvalue weighted by Crippen LogP contribution is 2.20. The lowest BCUT2D eigenvalue weighted by atomic mass is 9.98. The van der Waals surface area contributed by atoms with Crippen LogP contribution in [-0.2, 0) is 0 Å². The number of benzene rings is 3. The van der Waals surface area contributed by atoms with Gasteiger partial charge in [0.05, 0.1) is 0 Å². The van der Waals surface area contributed by atoms with E-state index >= 15 is 0 Å². The molecule has 0 aliphatic rings. The second-order valence-corrected chi connectivity index (χ2v) is 6.76. The second kappa shape index (κ2) is 7.92. The maximum atomic E-state index is 9.40. The van der Waals surface area contributed by atoms with Gasteiger partial charge in [0, 0.05) is 0 Å². The summed E-state index contributed by atoms with van der Waals surface area (Å²) in [6, 6.07) is 23.2. The third-order valence-electron chi connectivity index (χ3n) is 4.66. The maximum absolute atomic E-state index is 9.40. The van der Waals surface area contributed by atoms with Crippen LogP contribution < -0.4 is 10.4 Å². The average molecular weight is 344 g/mol. The first-order valence-corrected chi connectivity index (χ1v) is 8.89. The monoisotopic (exact) mass is 344 g/mol. The molecular weight excluding hydrogens is 320 g/mol. The lowest BCUT2D eigenvalue weighted by Crippen LogP contribution is -2.09. The summed E-state index contributed by atoms with van der Waals surface area (Å²) >= 11 is 0. The number of phenols is 2. The fraction of sp³-hybridized carbons (Fsp3) is 0.167. The number of hydrogen-bond acceptors (Lipinski definition) is 2. The first-order chi connectivity index (χ1) is 12.5. The molecule has 3 aromatic carbocycles. The Bertz CT molecular complexity index is 864. The number of phenolic OH excluding ortho intramolecular Hbond substituents is 2. The van der Waals surface area contributed by atoms with Crippen LogP contribution in [-0.4, -0.2) is 10.2 Å². The Kier molecular flexibility index (Phi) is 5.43. The Balaban J connectivity index is 1.79. The fourth-order valence-electron chi connectivity index (χ4n) is 3.04. The minimum Gasteiger partial charge on any atom is -0.508 e. The predicted octanol–water partition coefficient (Wildman–Crippen LogP) is 4.27. The summed E-state index contributed by atoms with van der Waals surface area (Å²) in [6.07, 6.45) is 4.44. The lowest BCUT2D eigenvalue weighted by molar-refractivity contribution is 0.474. The molecule has 3 aromatic rings. The first kappa shape index (κ1) is 17.8. The smallest absolute Gasteiger partial charge is 0.115 e. The van der Waals surface area contributed by atoms with E-state index in [9.17, 15) is 10.2 Å². The van der Waals surface area contributed by atoms with Gasteiger partial charge in [0.15, 0.2) is 0 Å². The minimum atomic E-state index is 0.279. The maximum Gasteiger partial charge on any atom is 0.115 e. The second-order valence-electron chi connectivity index (χ2n) is 6.76. The molecule has 2 heteroatoms. The highest BCUT2D eigenvalue weighted by Gasteiger charge is 2.02. The van der Waals surface area contributed by atoms with E-state index < -0.39 is 0 Å². The zero-order valence-electron chi connectivity index (χ0n) is 15.1. The Morgan fingerprint density at radius 3 is 1.15 bits per heavy atom. The summed E-state index contributed by atoms with van der Waals surface area (Å²) in [7, 11) is 0. The van der Waals surface area contributed by atoms with Crippen molar-refractivity contribution in [2.24, 2.45) is 0 Å². The van der Waals surface area contributed by atoms with Gasteiger partial charge >= 0.3 is 0 Å². The first-order valence-electron chi connectivity index (χ1n) is 8.89. The zero-order chi connectivity index (χ0) is 18.5. The van der Waals surface area contributed by atoms with Crippen LogP contribution in [0.1, 0.15) is 36.8 Å². The van der Waals surface area contributed by atoms with Gasteiger partial charge in [-0.3, -0.25) is 0 Å². The molecule has 2 atom stereocenters. The number of aromatic hydroxyl groups is 2. The summed E-state index contributed by atoms with van der Waals surface area (Å²) in [5, 5.41) is 21.2. The van der Waals surface area contributed by atoms with Crippen LogP contribution in [0.15, 0.2) is 72.8 Å². The highest BCUT2D eigenvalue weighted by molar-refractivity contribution is 5.43. The molecular formula is C24H24O2. The van der Waals surface area contributed by atoms with Gasteiger partial charge in [-0.05, 0) is 57.7 Å². The van der Waals surface area contributed by atoms with Gasteiger partial charge < -0.3 is 10.2 Å². The van der Waals surface area contributed by atoms with Crippen LogP contribution in [0, 0.1) is 0 Å². The Morgan fingerprint density at radius 2 is 0.846 bits per heavy atom. The van der Waals surface area contributed by atoms with E-state index in [0.717, 1.165) is 0 Å². The van der Waals surface area contributed by atoms with Crippen molar-refractivity contribution in [2.45, 2.75) is 25.7 Å². The quantitative estimate of drug-likeness (QED) is 0.742. The van der Waals surface area contributed by atoms with Crippen molar-refractivity contribution >= 4 is 12.2 Å². The largest absolute Gasteiger partial charge is 0.508 e. The summed E-state index contributed by atoms with van der Waals surface area (Å²) in [5.74, 6) is 1.15. The zero-order valence-corrected chi connectivity index (χ0v) is 15.1. The standard InChI is InChI=1S/C24H24O2/c1-17(21-7-11-23(25)12-8-21)15-19-3-5-20(6-4-19)16-18(2)22-9-13-24(26)14-10-22/h3-18,25-26H,1-2H3. The van der Waals surface area contributed by atoms with E-state index in [1.165, 1.54) is 21.6 Å². The van der Waals surface area contributed by atoms with Crippen LogP contribution in [0.4, 0.5) is 0 Å². The Hall–Kier alpha value is -3.00. The molecule has 0 radical (unpaired) electrons. The van der Waals surface area contributed by atoms with Gasteiger partial charge in [0.2, 0.25) is 0 Å². The minimum absolute atomic E-state index is 0.279. The van der Waals surface area contributed by atoms with Crippen LogP contribution in [0.2, 0.25) is 0 Å². The molecule has 0 heterocycles. The molecule has 2 N–H and O–H groups in total. The summed E-state index contributed by atoms with van der Waals surface area (Å²) in [6.45, 7) is 4.30. The average Bonchev–Trinajstić information content (AvgIpc) is 2.64. The van der Waals surface area contributed by atoms with E-state index in [4.69, 9.17) is 0 Å². The molecule has 26 heavy (non-hydrogen) atoms. The van der Waals surface area contributed by atoms with Crippen molar-refractivity contribution < 1.29 is 10.2 Å². The van der Waals surface area contributed by atoms with Crippen LogP contribution >= 0.6 is 0 Å². The molecule has 2 unspecified atom stereocenters. The van der Waals surface area contributed by atoms with E-state index in [-0.39, 0.29) is 11.8 Å². The van der Waals surface area contributed by atoms with Crippen LogP contribution in [0.3, 0.4) is 0 Å². The molecule has 0 amide bonds. The van der Waals surface area contributed by atoms with E-state index in [2.05, 4.69) is 50.3 Å². The summed E-state index contributed by atoms with van der Waals surface area (Å²) in [5.41, 5.74) is 2.36. The molecule has 0 aliphatic carbocycles. The van der Waals surface area contributed by atoms with Gasteiger partial charge in [0.25, 0.3) is 0 Å². The third kappa shape index (κ3) is 4.54.